The maximum Gasteiger partial charge on any atom is 0.122 e. The molecule has 0 fully saturated rings. The molecule has 3 heteroatoms. The molecule has 1 aromatic rings. The van der Waals surface area contributed by atoms with Gasteiger partial charge < -0.3 is 15.6 Å². The van der Waals surface area contributed by atoms with Crippen molar-refractivity contribution in [3.05, 3.63) is 28.8 Å². The molecule has 0 saturated heterocycles. The van der Waals surface area contributed by atoms with E-state index in [-0.39, 0.29) is 0 Å². The van der Waals surface area contributed by atoms with E-state index in [1.807, 2.05) is 0 Å². The SMILES string of the molecule is CCCOc1ccc(C(CC)CC(O)CN)c(C)c1C. The average Bonchev–Trinajstić information content (AvgIpc) is 2.46. The molecule has 0 aliphatic carbocycles. The minimum absolute atomic E-state index is 0.326. The molecule has 114 valence electrons. The van der Waals surface area contributed by atoms with Crippen LogP contribution in [0.3, 0.4) is 0 Å². The highest BCUT2D eigenvalue weighted by molar-refractivity contribution is 5.45. The number of nitrogens with two attached hydrogens (primary N) is 1. The Labute approximate surface area is 123 Å². The number of hydrogen-bond donors (Lipinski definition) is 2. The monoisotopic (exact) mass is 279 g/mol. The predicted molar refractivity (Wildman–Crippen MR) is 84.4 cm³/mol. The molecule has 3 nitrogen and oxygen atoms in total. The Morgan fingerprint density at radius 3 is 2.45 bits per heavy atom. The first kappa shape index (κ1) is 17.0. The van der Waals surface area contributed by atoms with Gasteiger partial charge in [-0.1, -0.05) is 19.9 Å². The third-order valence-corrected chi connectivity index (χ3v) is 4.00. The summed E-state index contributed by atoms with van der Waals surface area (Å²) in [6, 6.07) is 4.20. The topological polar surface area (TPSA) is 55.5 Å². The number of benzene rings is 1. The lowest BCUT2D eigenvalue weighted by Gasteiger charge is -2.22. The van der Waals surface area contributed by atoms with Gasteiger partial charge in [0.05, 0.1) is 12.7 Å². The van der Waals surface area contributed by atoms with Gasteiger partial charge in [-0.05, 0) is 61.8 Å². The van der Waals surface area contributed by atoms with Gasteiger partial charge in [-0.15, -0.1) is 0 Å². The molecule has 0 spiro atoms. The lowest BCUT2D eigenvalue weighted by Crippen LogP contribution is -2.22. The molecule has 2 atom stereocenters. The second-order valence-corrected chi connectivity index (χ2v) is 5.48. The summed E-state index contributed by atoms with van der Waals surface area (Å²) < 4.78 is 5.77. The Kier molecular flexibility index (Phi) is 7.03. The van der Waals surface area contributed by atoms with Gasteiger partial charge in [-0.2, -0.15) is 0 Å². The largest absolute Gasteiger partial charge is 0.493 e. The normalized spacial score (nSPS) is 14.1. The predicted octanol–water partition coefficient (Wildman–Crippen LogP) is 3.30. The standard InChI is InChI=1S/C17H29NO2/c1-5-9-20-17-8-7-16(12(3)13(17)4)14(6-2)10-15(19)11-18/h7-8,14-15,19H,5-6,9-11,18H2,1-4H3. The zero-order valence-corrected chi connectivity index (χ0v) is 13.3. The average molecular weight is 279 g/mol. The van der Waals surface area contributed by atoms with Crippen molar-refractivity contribution in [3.63, 3.8) is 0 Å². The summed E-state index contributed by atoms with van der Waals surface area (Å²) in [7, 11) is 0. The van der Waals surface area contributed by atoms with Crippen LogP contribution in [0.5, 0.6) is 5.75 Å². The minimum Gasteiger partial charge on any atom is -0.493 e. The van der Waals surface area contributed by atoms with Gasteiger partial charge in [-0.3, -0.25) is 0 Å². The molecule has 0 aromatic heterocycles. The van der Waals surface area contributed by atoms with E-state index in [1.54, 1.807) is 0 Å². The molecule has 0 bridgehead atoms. The zero-order chi connectivity index (χ0) is 15.1. The van der Waals surface area contributed by atoms with Crippen LogP contribution in [0.2, 0.25) is 0 Å². The molecule has 0 saturated carbocycles. The Morgan fingerprint density at radius 2 is 1.90 bits per heavy atom. The maximum absolute atomic E-state index is 9.80. The molecule has 0 amide bonds. The fourth-order valence-electron chi connectivity index (χ4n) is 2.57. The van der Waals surface area contributed by atoms with Crippen molar-refractivity contribution in [2.45, 2.75) is 59.0 Å². The van der Waals surface area contributed by atoms with Crippen LogP contribution in [0.1, 0.15) is 55.7 Å². The second-order valence-electron chi connectivity index (χ2n) is 5.48. The van der Waals surface area contributed by atoms with E-state index in [2.05, 4.69) is 39.8 Å². The number of aliphatic hydroxyl groups is 1. The first-order valence-corrected chi connectivity index (χ1v) is 7.66. The number of rotatable bonds is 8. The summed E-state index contributed by atoms with van der Waals surface area (Å²) in [5.41, 5.74) is 9.31. The van der Waals surface area contributed by atoms with Crippen molar-refractivity contribution < 1.29 is 9.84 Å². The molecular weight excluding hydrogens is 250 g/mol. The van der Waals surface area contributed by atoms with Crippen LogP contribution in [-0.4, -0.2) is 24.4 Å². The minimum atomic E-state index is -0.421. The summed E-state index contributed by atoms with van der Waals surface area (Å²) >= 11 is 0. The highest BCUT2D eigenvalue weighted by atomic mass is 16.5. The van der Waals surface area contributed by atoms with Crippen molar-refractivity contribution in [1.82, 2.24) is 0 Å². The van der Waals surface area contributed by atoms with Crippen LogP contribution in [-0.2, 0) is 0 Å². The summed E-state index contributed by atoms with van der Waals surface area (Å²) in [4.78, 5) is 0. The fourth-order valence-corrected chi connectivity index (χ4v) is 2.57. The second kappa shape index (κ2) is 8.28. The van der Waals surface area contributed by atoms with Crippen molar-refractivity contribution in [1.29, 1.82) is 0 Å². The maximum atomic E-state index is 9.80. The van der Waals surface area contributed by atoms with Crippen LogP contribution in [0.25, 0.3) is 0 Å². The molecule has 2 unspecified atom stereocenters. The quantitative estimate of drug-likeness (QED) is 0.767. The van der Waals surface area contributed by atoms with E-state index >= 15 is 0 Å². The van der Waals surface area contributed by atoms with Gasteiger partial charge in [-0.25, -0.2) is 0 Å². The molecule has 0 aliphatic heterocycles. The van der Waals surface area contributed by atoms with Crippen molar-refractivity contribution in [3.8, 4) is 5.75 Å². The third-order valence-electron chi connectivity index (χ3n) is 4.00. The molecule has 3 N–H and O–H groups in total. The van der Waals surface area contributed by atoms with Crippen LogP contribution >= 0.6 is 0 Å². The van der Waals surface area contributed by atoms with E-state index in [4.69, 9.17) is 10.5 Å². The molecule has 0 radical (unpaired) electrons. The van der Waals surface area contributed by atoms with E-state index in [9.17, 15) is 5.11 Å². The van der Waals surface area contributed by atoms with Gasteiger partial charge in [0.25, 0.3) is 0 Å². The van der Waals surface area contributed by atoms with E-state index in [0.29, 0.717) is 12.5 Å². The number of aliphatic hydroxyl groups excluding tert-OH is 1. The number of ether oxygens (including phenoxy) is 1. The summed E-state index contributed by atoms with van der Waals surface area (Å²) in [5.74, 6) is 1.33. The van der Waals surface area contributed by atoms with Gasteiger partial charge >= 0.3 is 0 Å². The summed E-state index contributed by atoms with van der Waals surface area (Å²) in [5, 5.41) is 9.80. The van der Waals surface area contributed by atoms with Gasteiger partial charge in [0.15, 0.2) is 0 Å². The molecular formula is C17H29NO2. The van der Waals surface area contributed by atoms with E-state index in [0.717, 1.165) is 31.6 Å². The van der Waals surface area contributed by atoms with Crippen molar-refractivity contribution >= 4 is 0 Å². The van der Waals surface area contributed by atoms with Crippen LogP contribution < -0.4 is 10.5 Å². The fraction of sp³-hybridized carbons (Fsp3) is 0.647. The molecule has 1 rings (SSSR count). The Morgan fingerprint density at radius 1 is 1.20 bits per heavy atom. The Balaban J connectivity index is 2.97. The van der Waals surface area contributed by atoms with Crippen LogP contribution in [0, 0.1) is 13.8 Å². The Hall–Kier alpha value is -1.06. The highest BCUT2D eigenvalue weighted by Crippen LogP contribution is 2.33. The molecule has 1 aromatic carbocycles. The Bertz CT molecular complexity index is 418. The van der Waals surface area contributed by atoms with Gasteiger partial charge in [0, 0.05) is 6.54 Å². The smallest absolute Gasteiger partial charge is 0.122 e. The molecule has 20 heavy (non-hydrogen) atoms. The van der Waals surface area contributed by atoms with Crippen molar-refractivity contribution in [2.24, 2.45) is 5.73 Å². The van der Waals surface area contributed by atoms with Crippen LogP contribution in [0.15, 0.2) is 12.1 Å². The lowest BCUT2D eigenvalue weighted by molar-refractivity contribution is 0.162. The molecule has 0 heterocycles. The number of hydrogen-bond acceptors (Lipinski definition) is 3. The van der Waals surface area contributed by atoms with Crippen LogP contribution in [0.4, 0.5) is 0 Å². The lowest BCUT2D eigenvalue weighted by atomic mass is 9.86. The first-order valence-electron chi connectivity index (χ1n) is 7.66. The van der Waals surface area contributed by atoms with E-state index < -0.39 is 6.10 Å². The molecule has 0 aliphatic rings. The highest BCUT2D eigenvalue weighted by Gasteiger charge is 2.18. The summed E-state index contributed by atoms with van der Waals surface area (Å²) in [6.45, 7) is 9.59. The zero-order valence-electron chi connectivity index (χ0n) is 13.3. The van der Waals surface area contributed by atoms with Crippen molar-refractivity contribution in [2.75, 3.05) is 13.2 Å². The van der Waals surface area contributed by atoms with Gasteiger partial charge in [0.1, 0.15) is 5.75 Å². The third kappa shape index (κ3) is 4.22. The summed E-state index contributed by atoms with van der Waals surface area (Å²) in [6.07, 6.45) is 2.32. The van der Waals surface area contributed by atoms with E-state index in [1.165, 1.54) is 16.7 Å². The first-order chi connectivity index (χ1) is 9.54. The van der Waals surface area contributed by atoms with Gasteiger partial charge in [0.2, 0.25) is 0 Å².